The molecule has 0 amide bonds. The van der Waals surface area contributed by atoms with Gasteiger partial charge in [0.05, 0.1) is 26.4 Å². The topological polar surface area (TPSA) is 27.7 Å². The summed E-state index contributed by atoms with van der Waals surface area (Å²) >= 11 is 0. The average molecular weight is 250 g/mol. The molecule has 0 bridgehead atoms. The molecule has 0 atom stereocenters. The van der Waals surface area contributed by atoms with Crippen molar-refractivity contribution in [3.05, 3.63) is 24.3 Å². The van der Waals surface area contributed by atoms with E-state index in [4.69, 9.17) is 14.2 Å². The van der Waals surface area contributed by atoms with Gasteiger partial charge in [0.2, 0.25) is 0 Å². The minimum atomic E-state index is 0.187. The molecule has 100 valence electrons. The van der Waals surface area contributed by atoms with Crippen LogP contribution < -0.4 is 9.47 Å². The van der Waals surface area contributed by atoms with E-state index in [9.17, 15) is 0 Å². The number of ether oxygens (including phenoxy) is 3. The Labute approximate surface area is 109 Å². The zero-order valence-corrected chi connectivity index (χ0v) is 11.4. The fourth-order valence-electron chi connectivity index (χ4n) is 1.69. The van der Waals surface area contributed by atoms with Gasteiger partial charge in [0.25, 0.3) is 0 Å². The van der Waals surface area contributed by atoms with Crippen LogP contribution in [0.3, 0.4) is 0 Å². The van der Waals surface area contributed by atoms with E-state index in [-0.39, 0.29) is 5.41 Å². The van der Waals surface area contributed by atoms with Crippen LogP contribution in [0.2, 0.25) is 0 Å². The highest BCUT2D eigenvalue weighted by Gasteiger charge is 2.34. The Hall–Kier alpha value is -1.22. The molecule has 1 aromatic rings. The summed E-state index contributed by atoms with van der Waals surface area (Å²) in [6, 6.07) is 7.83. The third-order valence-electron chi connectivity index (χ3n) is 2.90. The lowest BCUT2D eigenvalue weighted by Crippen LogP contribution is -2.44. The smallest absolute Gasteiger partial charge is 0.119 e. The van der Waals surface area contributed by atoms with Crippen molar-refractivity contribution in [2.45, 2.75) is 20.8 Å². The molecule has 0 unspecified atom stereocenters. The molecule has 1 fully saturated rings. The molecular weight excluding hydrogens is 228 g/mol. The standard InChI is InChI=1S/C15H22O3/c1-12(2)8-17-13-4-6-14(7-5-13)18-11-15(3)9-16-10-15/h4-7,12H,8-11H2,1-3H3. The first-order valence-corrected chi connectivity index (χ1v) is 6.51. The second-order valence-corrected chi connectivity index (χ2v) is 5.77. The maximum Gasteiger partial charge on any atom is 0.119 e. The minimum Gasteiger partial charge on any atom is -0.493 e. The predicted octanol–water partition coefficient (Wildman–Crippen LogP) is 3.14. The maximum atomic E-state index is 5.76. The van der Waals surface area contributed by atoms with Crippen LogP contribution in [0, 0.1) is 11.3 Å². The molecule has 0 saturated carbocycles. The third kappa shape index (κ3) is 3.64. The molecule has 1 aliphatic heterocycles. The fourth-order valence-corrected chi connectivity index (χ4v) is 1.69. The second-order valence-electron chi connectivity index (χ2n) is 5.77. The van der Waals surface area contributed by atoms with Crippen LogP contribution in [0.1, 0.15) is 20.8 Å². The van der Waals surface area contributed by atoms with Crippen molar-refractivity contribution in [1.29, 1.82) is 0 Å². The predicted molar refractivity (Wildman–Crippen MR) is 71.2 cm³/mol. The summed E-state index contributed by atoms with van der Waals surface area (Å²) in [6.45, 7) is 9.49. The highest BCUT2D eigenvalue weighted by molar-refractivity contribution is 5.31. The van der Waals surface area contributed by atoms with Gasteiger partial charge in [0, 0.05) is 5.41 Å². The first-order valence-electron chi connectivity index (χ1n) is 6.51. The van der Waals surface area contributed by atoms with Gasteiger partial charge in [-0.2, -0.15) is 0 Å². The van der Waals surface area contributed by atoms with Crippen molar-refractivity contribution >= 4 is 0 Å². The summed E-state index contributed by atoms with van der Waals surface area (Å²) in [4.78, 5) is 0. The molecular formula is C15H22O3. The van der Waals surface area contributed by atoms with Gasteiger partial charge in [-0.1, -0.05) is 20.8 Å². The zero-order valence-electron chi connectivity index (χ0n) is 11.4. The Morgan fingerprint density at radius 3 is 2.11 bits per heavy atom. The van der Waals surface area contributed by atoms with Gasteiger partial charge in [0.15, 0.2) is 0 Å². The summed E-state index contributed by atoms with van der Waals surface area (Å²) in [7, 11) is 0. The lowest BCUT2D eigenvalue weighted by atomic mass is 9.90. The molecule has 1 aliphatic rings. The monoisotopic (exact) mass is 250 g/mol. The molecule has 0 aliphatic carbocycles. The van der Waals surface area contributed by atoms with E-state index in [1.807, 2.05) is 24.3 Å². The molecule has 1 aromatic carbocycles. The van der Waals surface area contributed by atoms with Crippen LogP contribution in [0.5, 0.6) is 11.5 Å². The molecule has 1 saturated heterocycles. The van der Waals surface area contributed by atoms with E-state index in [2.05, 4.69) is 20.8 Å². The average Bonchev–Trinajstić information content (AvgIpc) is 2.33. The summed E-state index contributed by atoms with van der Waals surface area (Å²) in [5.74, 6) is 2.33. The van der Waals surface area contributed by atoms with Crippen LogP contribution >= 0.6 is 0 Å². The Bertz CT molecular complexity index is 366. The SMILES string of the molecule is CC(C)COc1ccc(OCC2(C)COC2)cc1. The highest BCUT2D eigenvalue weighted by Crippen LogP contribution is 2.28. The number of hydrogen-bond donors (Lipinski definition) is 0. The van der Waals surface area contributed by atoms with Gasteiger partial charge >= 0.3 is 0 Å². The molecule has 3 nitrogen and oxygen atoms in total. The van der Waals surface area contributed by atoms with E-state index in [0.717, 1.165) is 31.3 Å². The zero-order chi connectivity index (χ0) is 13.0. The molecule has 3 heteroatoms. The van der Waals surface area contributed by atoms with Gasteiger partial charge in [-0.3, -0.25) is 0 Å². The lowest BCUT2D eigenvalue weighted by Gasteiger charge is -2.37. The Kier molecular flexibility index (Phi) is 4.12. The molecule has 0 spiro atoms. The largest absolute Gasteiger partial charge is 0.493 e. The van der Waals surface area contributed by atoms with Crippen LogP contribution in [0.25, 0.3) is 0 Å². The molecule has 0 N–H and O–H groups in total. The van der Waals surface area contributed by atoms with Gasteiger partial charge in [-0.15, -0.1) is 0 Å². The van der Waals surface area contributed by atoms with Crippen molar-refractivity contribution in [2.24, 2.45) is 11.3 Å². The molecule has 0 radical (unpaired) electrons. The molecule has 18 heavy (non-hydrogen) atoms. The molecule has 1 heterocycles. The second kappa shape index (κ2) is 5.61. The Morgan fingerprint density at radius 2 is 1.67 bits per heavy atom. The van der Waals surface area contributed by atoms with Crippen LogP contribution in [-0.4, -0.2) is 26.4 Å². The molecule has 2 rings (SSSR count). The molecule has 0 aromatic heterocycles. The van der Waals surface area contributed by atoms with Crippen LogP contribution in [0.15, 0.2) is 24.3 Å². The minimum absolute atomic E-state index is 0.187. The quantitative estimate of drug-likeness (QED) is 0.776. The normalized spacial score (nSPS) is 17.3. The lowest BCUT2D eigenvalue weighted by molar-refractivity contribution is -0.120. The van der Waals surface area contributed by atoms with Crippen molar-refractivity contribution in [3.63, 3.8) is 0 Å². The van der Waals surface area contributed by atoms with Crippen LogP contribution in [0.4, 0.5) is 0 Å². The summed E-state index contributed by atoms with van der Waals surface area (Å²) < 4.78 is 16.6. The number of hydrogen-bond acceptors (Lipinski definition) is 3. The van der Waals surface area contributed by atoms with Crippen molar-refractivity contribution < 1.29 is 14.2 Å². The van der Waals surface area contributed by atoms with E-state index < -0.39 is 0 Å². The number of rotatable bonds is 6. The Morgan fingerprint density at radius 1 is 1.11 bits per heavy atom. The van der Waals surface area contributed by atoms with Crippen molar-refractivity contribution in [2.75, 3.05) is 26.4 Å². The number of benzene rings is 1. The van der Waals surface area contributed by atoms with Crippen LogP contribution in [-0.2, 0) is 4.74 Å². The van der Waals surface area contributed by atoms with E-state index >= 15 is 0 Å². The maximum absolute atomic E-state index is 5.76. The fraction of sp³-hybridized carbons (Fsp3) is 0.600. The first-order chi connectivity index (χ1) is 8.57. The van der Waals surface area contributed by atoms with Gasteiger partial charge < -0.3 is 14.2 Å². The summed E-state index contributed by atoms with van der Waals surface area (Å²) in [6.07, 6.45) is 0. The van der Waals surface area contributed by atoms with Gasteiger partial charge in [0.1, 0.15) is 11.5 Å². The van der Waals surface area contributed by atoms with E-state index in [0.29, 0.717) is 12.5 Å². The van der Waals surface area contributed by atoms with Crippen molar-refractivity contribution in [3.8, 4) is 11.5 Å². The van der Waals surface area contributed by atoms with Gasteiger partial charge in [-0.05, 0) is 30.2 Å². The van der Waals surface area contributed by atoms with E-state index in [1.54, 1.807) is 0 Å². The van der Waals surface area contributed by atoms with E-state index in [1.165, 1.54) is 0 Å². The Balaban J connectivity index is 1.80. The first kappa shape index (κ1) is 13.2. The highest BCUT2D eigenvalue weighted by atomic mass is 16.5. The summed E-state index contributed by atoms with van der Waals surface area (Å²) in [5.41, 5.74) is 0.187. The van der Waals surface area contributed by atoms with Gasteiger partial charge in [-0.25, -0.2) is 0 Å². The summed E-state index contributed by atoms with van der Waals surface area (Å²) in [5, 5.41) is 0. The third-order valence-corrected chi connectivity index (χ3v) is 2.90. The van der Waals surface area contributed by atoms with Crippen molar-refractivity contribution in [1.82, 2.24) is 0 Å².